The van der Waals surface area contributed by atoms with Gasteiger partial charge in [0.2, 0.25) is 0 Å². The molecule has 0 saturated carbocycles. The lowest BCUT2D eigenvalue weighted by molar-refractivity contribution is -0.134. The van der Waals surface area contributed by atoms with Crippen LogP contribution in [0.25, 0.3) is 0 Å². The first-order chi connectivity index (χ1) is 9.99. The number of piperidine rings is 1. The van der Waals surface area contributed by atoms with Crippen LogP contribution in [0, 0.1) is 19.8 Å². The summed E-state index contributed by atoms with van der Waals surface area (Å²) in [5.41, 5.74) is 8.06. The van der Waals surface area contributed by atoms with Crippen LogP contribution in [0.4, 0.5) is 0 Å². The van der Waals surface area contributed by atoms with E-state index in [9.17, 15) is 4.79 Å². The first kappa shape index (κ1) is 15.8. The lowest BCUT2D eigenvalue weighted by atomic mass is 9.91. The second-order valence-corrected chi connectivity index (χ2v) is 6.09. The number of nitrogens with two attached hydrogens (primary N) is 1. The maximum atomic E-state index is 12.2. The highest BCUT2D eigenvalue weighted by molar-refractivity contribution is 5.78. The van der Waals surface area contributed by atoms with Crippen molar-refractivity contribution >= 4 is 5.91 Å². The van der Waals surface area contributed by atoms with Crippen LogP contribution in [0.5, 0.6) is 5.75 Å². The van der Waals surface area contributed by atoms with Crippen LogP contribution in [0.1, 0.15) is 30.9 Å². The summed E-state index contributed by atoms with van der Waals surface area (Å²) < 4.78 is 5.74. The van der Waals surface area contributed by atoms with Gasteiger partial charge in [0.25, 0.3) is 5.91 Å². The average Bonchev–Trinajstić information content (AvgIpc) is 2.46. The number of carbonyl (C=O) groups excluding carboxylic acids is 1. The Bertz CT molecular complexity index is 471. The number of amides is 1. The minimum Gasteiger partial charge on any atom is -0.483 e. The summed E-state index contributed by atoms with van der Waals surface area (Å²) in [5, 5.41) is 0. The van der Waals surface area contributed by atoms with Gasteiger partial charge in [-0.2, -0.15) is 0 Å². The first-order valence-corrected chi connectivity index (χ1v) is 7.71. The van der Waals surface area contributed by atoms with Crippen LogP contribution in [0.2, 0.25) is 0 Å². The van der Waals surface area contributed by atoms with E-state index in [-0.39, 0.29) is 18.6 Å². The highest BCUT2D eigenvalue weighted by Crippen LogP contribution is 2.23. The fraction of sp³-hybridized carbons (Fsp3) is 0.588. The molecular weight excluding hydrogens is 264 g/mol. The van der Waals surface area contributed by atoms with Crippen molar-refractivity contribution < 1.29 is 9.53 Å². The zero-order valence-corrected chi connectivity index (χ0v) is 13.3. The lowest BCUT2D eigenvalue weighted by Gasteiger charge is -2.33. The van der Waals surface area contributed by atoms with Crippen LogP contribution in [0.15, 0.2) is 18.2 Å². The summed E-state index contributed by atoms with van der Waals surface area (Å²) in [7, 11) is 0. The third kappa shape index (κ3) is 3.97. The number of para-hydroxylation sites is 1. The monoisotopic (exact) mass is 290 g/mol. The van der Waals surface area contributed by atoms with Crippen molar-refractivity contribution in [1.82, 2.24) is 4.90 Å². The maximum Gasteiger partial charge on any atom is 0.260 e. The highest BCUT2D eigenvalue weighted by Gasteiger charge is 2.25. The van der Waals surface area contributed by atoms with Gasteiger partial charge in [-0.15, -0.1) is 0 Å². The van der Waals surface area contributed by atoms with E-state index in [1.807, 2.05) is 43.9 Å². The van der Waals surface area contributed by atoms with Crippen LogP contribution >= 0.6 is 0 Å². The van der Waals surface area contributed by atoms with Crippen LogP contribution in [0.3, 0.4) is 0 Å². The number of hydrogen-bond donors (Lipinski definition) is 1. The number of nitrogens with zero attached hydrogens (tertiary/aromatic N) is 1. The molecule has 4 heteroatoms. The molecule has 0 radical (unpaired) electrons. The Morgan fingerprint density at radius 2 is 1.90 bits per heavy atom. The molecular formula is C17H26N2O2. The molecule has 1 atom stereocenters. The molecule has 1 amide bonds. The number of rotatable bonds is 4. The number of aryl methyl sites for hydroxylation is 2. The predicted molar refractivity (Wildman–Crippen MR) is 84.4 cm³/mol. The van der Waals surface area contributed by atoms with Gasteiger partial charge in [0.05, 0.1) is 0 Å². The number of hydrogen-bond acceptors (Lipinski definition) is 3. The van der Waals surface area contributed by atoms with Crippen molar-refractivity contribution in [3.05, 3.63) is 29.3 Å². The molecule has 1 aromatic rings. The van der Waals surface area contributed by atoms with Crippen molar-refractivity contribution in [1.29, 1.82) is 0 Å². The van der Waals surface area contributed by atoms with Gasteiger partial charge in [0.15, 0.2) is 6.61 Å². The third-order valence-electron chi connectivity index (χ3n) is 4.38. The molecule has 0 aromatic heterocycles. The molecule has 2 rings (SSSR count). The van der Waals surface area contributed by atoms with E-state index in [1.165, 1.54) is 0 Å². The molecule has 2 N–H and O–H groups in total. The Hall–Kier alpha value is -1.55. The van der Waals surface area contributed by atoms with Crippen molar-refractivity contribution in [3.8, 4) is 5.75 Å². The van der Waals surface area contributed by atoms with Gasteiger partial charge in [0.1, 0.15) is 5.75 Å². The van der Waals surface area contributed by atoms with E-state index in [1.54, 1.807) is 0 Å². The number of likely N-dealkylation sites (tertiary alicyclic amines) is 1. The Balaban J connectivity index is 1.86. The second kappa shape index (κ2) is 6.94. The van der Waals surface area contributed by atoms with Gasteiger partial charge in [0, 0.05) is 19.1 Å². The molecule has 0 bridgehead atoms. The number of ether oxygens (including phenoxy) is 1. The van der Waals surface area contributed by atoms with Gasteiger partial charge >= 0.3 is 0 Å². The van der Waals surface area contributed by atoms with E-state index in [0.717, 1.165) is 42.8 Å². The van der Waals surface area contributed by atoms with Crippen molar-refractivity contribution in [2.24, 2.45) is 11.7 Å². The van der Waals surface area contributed by atoms with Crippen molar-refractivity contribution in [3.63, 3.8) is 0 Å². The Kier molecular flexibility index (Phi) is 5.23. The molecule has 1 aromatic carbocycles. The Morgan fingerprint density at radius 3 is 2.43 bits per heavy atom. The fourth-order valence-corrected chi connectivity index (χ4v) is 2.93. The second-order valence-electron chi connectivity index (χ2n) is 6.09. The average molecular weight is 290 g/mol. The third-order valence-corrected chi connectivity index (χ3v) is 4.38. The van der Waals surface area contributed by atoms with E-state index in [2.05, 4.69) is 0 Å². The highest BCUT2D eigenvalue weighted by atomic mass is 16.5. The molecule has 4 nitrogen and oxygen atoms in total. The molecule has 0 spiro atoms. The van der Waals surface area contributed by atoms with Crippen molar-refractivity contribution in [2.45, 2.75) is 39.7 Å². The molecule has 1 fully saturated rings. The van der Waals surface area contributed by atoms with E-state index < -0.39 is 0 Å². The summed E-state index contributed by atoms with van der Waals surface area (Å²) in [4.78, 5) is 14.1. The topological polar surface area (TPSA) is 55.6 Å². The standard InChI is InChI=1S/C17H26N2O2/c1-12-5-4-6-13(2)17(12)21-11-16(20)19-9-7-15(8-10-19)14(3)18/h4-6,14-15H,7-11,18H2,1-3H3. The summed E-state index contributed by atoms with van der Waals surface area (Å²) in [5.74, 6) is 1.44. The van der Waals surface area contributed by atoms with E-state index in [4.69, 9.17) is 10.5 Å². The predicted octanol–water partition coefficient (Wildman–Crippen LogP) is 2.27. The SMILES string of the molecule is Cc1cccc(C)c1OCC(=O)N1CCC(C(C)N)CC1. The van der Waals surface area contributed by atoms with Gasteiger partial charge in [-0.3, -0.25) is 4.79 Å². The maximum absolute atomic E-state index is 12.2. The molecule has 1 saturated heterocycles. The summed E-state index contributed by atoms with van der Waals surface area (Å²) in [6, 6.07) is 6.22. The van der Waals surface area contributed by atoms with Gasteiger partial charge < -0.3 is 15.4 Å². The molecule has 21 heavy (non-hydrogen) atoms. The summed E-state index contributed by atoms with van der Waals surface area (Å²) >= 11 is 0. The molecule has 1 unspecified atom stereocenters. The minimum atomic E-state index is 0.0702. The van der Waals surface area contributed by atoms with Crippen LogP contribution in [-0.2, 0) is 4.79 Å². The Morgan fingerprint density at radius 1 is 1.33 bits per heavy atom. The van der Waals surface area contributed by atoms with Crippen LogP contribution in [-0.4, -0.2) is 36.5 Å². The molecule has 0 aliphatic carbocycles. The van der Waals surface area contributed by atoms with E-state index >= 15 is 0 Å². The van der Waals surface area contributed by atoms with Crippen molar-refractivity contribution in [2.75, 3.05) is 19.7 Å². The smallest absolute Gasteiger partial charge is 0.260 e. The fourth-order valence-electron chi connectivity index (χ4n) is 2.93. The lowest BCUT2D eigenvalue weighted by Crippen LogP contribution is -2.44. The molecule has 1 aliphatic rings. The molecule has 1 heterocycles. The zero-order chi connectivity index (χ0) is 15.4. The summed E-state index contributed by atoms with van der Waals surface area (Å²) in [6.45, 7) is 7.75. The number of carbonyl (C=O) groups is 1. The Labute approximate surface area is 127 Å². The van der Waals surface area contributed by atoms with E-state index in [0.29, 0.717) is 5.92 Å². The minimum absolute atomic E-state index is 0.0702. The van der Waals surface area contributed by atoms with Gasteiger partial charge in [-0.1, -0.05) is 18.2 Å². The zero-order valence-electron chi connectivity index (χ0n) is 13.3. The number of benzene rings is 1. The normalized spacial score (nSPS) is 17.6. The van der Waals surface area contributed by atoms with Gasteiger partial charge in [-0.05, 0) is 50.7 Å². The molecule has 1 aliphatic heterocycles. The molecule has 116 valence electrons. The van der Waals surface area contributed by atoms with Gasteiger partial charge in [-0.25, -0.2) is 0 Å². The largest absolute Gasteiger partial charge is 0.483 e. The summed E-state index contributed by atoms with van der Waals surface area (Å²) in [6.07, 6.45) is 1.99. The van der Waals surface area contributed by atoms with Crippen LogP contribution < -0.4 is 10.5 Å². The first-order valence-electron chi connectivity index (χ1n) is 7.71. The quantitative estimate of drug-likeness (QED) is 0.925.